The van der Waals surface area contributed by atoms with E-state index in [1.807, 2.05) is 27.7 Å². The van der Waals surface area contributed by atoms with Gasteiger partial charge in [-0.1, -0.05) is 0 Å². The second kappa shape index (κ2) is 6.21. The Morgan fingerprint density at radius 3 is 2.71 bits per heavy atom. The van der Waals surface area contributed by atoms with Gasteiger partial charge < -0.3 is 20.1 Å². The van der Waals surface area contributed by atoms with Crippen molar-refractivity contribution in [2.75, 3.05) is 26.2 Å². The van der Waals surface area contributed by atoms with Crippen LogP contribution in [0, 0.1) is 5.92 Å². The van der Waals surface area contributed by atoms with Gasteiger partial charge in [-0.05, 0) is 27.7 Å². The minimum absolute atomic E-state index is 0.190. The predicted octanol–water partition coefficient (Wildman–Crippen LogP) is 1.14. The summed E-state index contributed by atoms with van der Waals surface area (Å²) < 4.78 is 10.8. The number of hydrogen-bond acceptors (Lipinski definition) is 4. The molecule has 0 aromatic carbocycles. The number of amides is 1. The van der Waals surface area contributed by atoms with Crippen LogP contribution in [-0.2, 0) is 9.47 Å². The van der Waals surface area contributed by atoms with E-state index < -0.39 is 5.60 Å². The van der Waals surface area contributed by atoms with E-state index in [0.29, 0.717) is 19.1 Å². The van der Waals surface area contributed by atoms with Crippen molar-refractivity contribution in [3.05, 3.63) is 0 Å². The van der Waals surface area contributed by atoms with E-state index in [2.05, 4.69) is 10.6 Å². The molecule has 0 aromatic rings. The van der Waals surface area contributed by atoms with Gasteiger partial charge in [0.05, 0.1) is 6.10 Å². The first kappa shape index (κ1) is 14.3. The Morgan fingerprint density at radius 1 is 1.41 bits per heavy atom. The molecule has 2 atom stereocenters. The van der Waals surface area contributed by atoms with Gasteiger partial charge in [0.25, 0.3) is 0 Å². The molecule has 0 bridgehead atoms. The monoisotopic (exact) mass is 244 g/mol. The zero-order chi connectivity index (χ0) is 12.9. The summed E-state index contributed by atoms with van der Waals surface area (Å²) in [5, 5.41) is 6.05. The second-order valence-corrected chi connectivity index (χ2v) is 5.29. The van der Waals surface area contributed by atoms with Crippen molar-refractivity contribution in [1.82, 2.24) is 10.6 Å². The van der Waals surface area contributed by atoms with Crippen LogP contribution in [0.4, 0.5) is 4.79 Å². The molecule has 5 nitrogen and oxygen atoms in total. The molecule has 1 aliphatic heterocycles. The van der Waals surface area contributed by atoms with Gasteiger partial charge in [-0.25, -0.2) is 4.79 Å². The smallest absolute Gasteiger partial charge is 0.407 e. The van der Waals surface area contributed by atoms with Crippen molar-refractivity contribution >= 4 is 6.09 Å². The average molecular weight is 244 g/mol. The molecule has 0 spiro atoms. The normalized spacial score (nSPS) is 24.7. The third-order valence-corrected chi connectivity index (χ3v) is 2.57. The standard InChI is InChI=1S/C12H24N2O3/c1-5-16-10-8-13-6-9(10)7-14-11(15)17-12(2,3)4/h9-10,13H,5-8H2,1-4H3,(H,14,15). The van der Waals surface area contributed by atoms with Crippen molar-refractivity contribution in [2.45, 2.75) is 39.4 Å². The molecular weight excluding hydrogens is 220 g/mol. The number of alkyl carbamates (subject to hydrolysis) is 1. The topological polar surface area (TPSA) is 59.6 Å². The number of ether oxygens (including phenoxy) is 2. The maximum absolute atomic E-state index is 11.5. The van der Waals surface area contributed by atoms with Crippen LogP contribution in [0.15, 0.2) is 0 Å². The largest absolute Gasteiger partial charge is 0.444 e. The van der Waals surface area contributed by atoms with Gasteiger partial charge in [0.1, 0.15) is 5.60 Å². The molecule has 0 aliphatic carbocycles. The molecule has 1 rings (SSSR count). The summed E-state index contributed by atoms with van der Waals surface area (Å²) in [4.78, 5) is 11.5. The first-order chi connectivity index (χ1) is 7.92. The van der Waals surface area contributed by atoms with Gasteiger partial charge in [-0.3, -0.25) is 0 Å². The number of hydrogen-bond donors (Lipinski definition) is 2. The lowest BCUT2D eigenvalue weighted by molar-refractivity contribution is 0.0379. The summed E-state index contributed by atoms with van der Waals surface area (Å²) in [5.74, 6) is 0.322. The van der Waals surface area contributed by atoms with Gasteiger partial charge in [-0.2, -0.15) is 0 Å². The van der Waals surface area contributed by atoms with E-state index in [1.54, 1.807) is 0 Å². The Morgan fingerprint density at radius 2 is 2.12 bits per heavy atom. The van der Waals surface area contributed by atoms with Crippen molar-refractivity contribution in [2.24, 2.45) is 5.92 Å². The molecule has 0 saturated carbocycles. The van der Waals surface area contributed by atoms with Gasteiger partial charge >= 0.3 is 6.09 Å². The zero-order valence-electron chi connectivity index (χ0n) is 11.2. The SMILES string of the molecule is CCOC1CNCC1CNC(=O)OC(C)(C)C. The molecule has 1 heterocycles. The molecule has 1 aliphatic rings. The summed E-state index contributed by atoms with van der Waals surface area (Å²) >= 11 is 0. The second-order valence-electron chi connectivity index (χ2n) is 5.29. The maximum Gasteiger partial charge on any atom is 0.407 e. The number of nitrogens with one attached hydrogen (secondary N) is 2. The van der Waals surface area contributed by atoms with E-state index in [0.717, 1.165) is 13.1 Å². The molecule has 2 N–H and O–H groups in total. The van der Waals surface area contributed by atoms with Crippen LogP contribution in [0.1, 0.15) is 27.7 Å². The van der Waals surface area contributed by atoms with Crippen molar-refractivity contribution in [3.63, 3.8) is 0 Å². The Kier molecular flexibility index (Phi) is 5.21. The van der Waals surface area contributed by atoms with Crippen LogP contribution >= 0.6 is 0 Å². The Hall–Kier alpha value is -0.810. The third-order valence-electron chi connectivity index (χ3n) is 2.57. The predicted molar refractivity (Wildman–Crippen MR) is 66.0 cm³/mol. The lowest BCUT2D eigenvalue weighted by atomic mass is 10.1. The van der Waals surface area contributed by atoms with Gasteiger partial charge in [0.15, 0.2) is 0 Å². The van der Waals surface area contributed by atoms with Gasteiger partial charge in [-0.15, -0.1) is 0 Å². The van der Waals surface area contributed by atoms with Crippen LogP contribution in [-0.4, -0.2) is 44.0 Å². The lowest BCUT2D eigenvalue weighted by Crippen LogP contribution is -2.38. The quantitative estimate of drug-likeness (QED) is 0.778. The van der Waals surface area contributed by atoms with Crippen LogP contribution < -0.4 is 10.6 Å². The molecule has 2 unspecified atom stereocenters. The van der Waals surface area contributed by atoms with Crippen LogP contribution in [0.2, 0.25) is 0 Å². The van der Waals surface area contributed by atoms with Gasteiger partial charge in [0, 0.05) is 32.2 Å². The summed E-state index contributed by atoms with van der Waals surface area (Å²) in [6.07, 6.45) is -0.172. The Labute approximate surface area is 103 Å². The average Bonchev–Trinajstić information content (AvgIpc) is 2.60. The molecule has 17 heavy (non-hydrogen) atoms. The lowest BCUT2D eigenvalue weighted by Gasteiger charge is -2.22. The fourth-order valence-electron chi connectivity index (χ4n) is 1.85. The fraction of sp³-hybridized carbons (Fsp3) is 0.917. The van der Waals surface area contributed by atoms with Crippen LogP contribution in [0.25, 0.3) is 0 Å². The van der Waals surface area contributed by atoms with E-state index in [4.69, 9.17) is 9.47 Å². The summed E-state index contributed by atoms with van der Waals surface area (Å²) in [6.45, 7) is 10.6. The Bertz CT molecular complexity index is 251. The minimum atomic E-state index is -0.447. The molecule has 0 radical (unpaired) electrons. The number of carbonyl (C=O) groups excluding carboxylic acids is 1. The first-order valence-corrected chi connectivity index (χ1v) is 6.21. The Balaban J connectivity index is 2.27. The van der Waals surface area contributed by atoms with E-state index >= 15 is 0 Å². The van der Waals surface area contributed by atoms with E-state index in [-0.39, 0.29) is 12.2 Å². The van der Waals surface area contributed by atoms with E-state index in [9.17, 15) is 4.79 Å². The fourth-order valence-corrected chi connectivity index (χ4v) is 1.85. The highest BCUT2D eigenvalue weighted by Gasteiger charge is 2.28. The highest BCUT2D eigenvalue weighted by Crippen LogP contribution is 2.12. The number of rotatable bonds is 4. The summed E-state index contributed by atoms with van der Waals surface area (Å²) in [6, 6.07) is 0. The third kappa shape index (κ3) is 5.37. The molecule has 100 valence electrons. The summed E-state index contributed by atoms with van der Waals surface area (Å²) in [5.41, 5.74) is -0.447. The number of carbonyl (C=O) groups is 1. The molecule has 5 heteroatoms. The minimum Gasteiger partial charge on any atom is -0.444 e. The highest BCUT2D eigenvalue weighted by molar-refractivity contribution is 5.67. The highest BCUT2D eigenvalue weighted by atomic mass is 16.6. The van der Waals surface area contributed by atoms with Gasteiger partial charge in [0.2, 0.25) is 0 Å². The van der Waals surface area contributed by atoms with Crippen LogP contribution in [0.3, 0.4) is 0 Å². The van der Waals surface area contributed by atoms with Crippen molar-refractivity contribution < 1.29 is 14.3 Å². The first-order valence-electron chi connectivity index (χ1n) is 6.21. The summed E-state index contributed by atoms with van der Waals surface area (Å²) in [7, 11) is 0. The molecule has 1 fully saturated rings. The molecule has 1 amide bonds. The molecule has 0 aromatic heterocycles. The van der Waals surface area contributed by atoms with E-state index in [1.165, 1.54) is 0 Å². The maximum atomic E-state index is 11.5. The molecule has 1 saturated heterocycles. The van der Waals surface area contributed by atoms with Crippen LogP contribution in [0.5, 0.6) is 0 Å². The zero-order valence-corrected chi connectivity index (χ0v) is 11.2. The van der Waals surface area contributed by atoms with Crippen molar-refractivity contribution in [1.29, 1.82) is 0 Å². The molecular formula is C12H24N2O3. The van der Waals surface area contributed by atoms with Crippen molar-refractivity contribution in [3.8, 4) is 0 Å².